The van der Waals surface area contributed by atoms with Crippen LogP contribution in [0.15, 0.2) is 194 Å². The van der Waals surface area contributed by atoms with E-state index in [1.54, 1.807) is 0 Å². The van der Waals surface area contributed by atoms with Gasteiger partial charge in [-0.05, 0) is 94.0 Å². The highest BCUT2D eigenvalue weighted by Gasteiger charge is 2.19. The smallest absolute Gasteiger partial charge is 0.0547 e. The van der Waals surface area contributed by atoms with Crippen LogP contribution in [0.25, 0.3) is 88.4 Å². The summed E-state index contributed by atoms with van der Waals surface area (Å²) in [7, 11) is 0. The number of nitrogens with zero attached hydrogens (tertiary/aromatic N) is 2. The molecule has 0 amide bonds. The van der Waals surface area contributed by atoms with Gasteiger partial charge in [0.1, 0.15) is 0 Å². The second-order valence-corrected chi connectivity index (χ2v) is 13.0. The lowest BCUT2D eigenvalue weighted by molar-refractivity contribution is 1.18. The Hall–Kier alpha value is -6.64. The summed E-state index contributed by atoms with van der Waals surface area (Å²) < 4.78 is 4.83. The molecule has 10 aromatic rings. The molecule has 50 heavy (non-hydrogen) atoms. The summed E-state index contributed by atoms with van der Waals surface area (Å²) >= 11 is 0. The molecule has 2 heterocycles. The van der Waals surface area contributed by atoms with Crippen molar-refractivity contribution in [1.29, 1.82) is 0 Å². The van der Waals surface area contributed by atoms with Crippen molar-refractivity contribution in [3.8, 4) is 44.8 Å². The second-order valence-electron chi connectivity index (χ2n) is 13.0. The Morgan fingerprint density at radius 3 is 1.46 bits per heavy atom. The minimum atomic E-state index is 1.15. The van der Waals surface area contributed by atoms with E-state index in [2.05, 4.69) is 203 Å². The standard InChI is InChI=1S/C48H32N2/c1-4-15-33(16-5-1)36-29-37(34-17-6-2-7-18-34)31-39(30-36)50-44-24-12-10-21-41(44)43-32-35(27-28-46(43)50)40-23-14-26-47-48(40)42-22-11-13-25-45(42)49(47)38-19-8-3-9-20-38/h1-32H. The van der Waals surface area contributed by atoms with E-state index in [1.807, 2.05) is 0 Å². The largest absolute Gasteiger partial charge is 0.309 e. The third kappa shape index (κ3) is 4.50. The Morgan fingerprint density at radius 1 is 0.260 bits per heavy atom. The van der Waals surface area contributed by atoms with E-state index in [0.717, 1.165) is 5.69 Å². The number of rotatable bonds is 5. The highest BCUT2D eigenvalue weighted by atomic mass is 15.0. The van der Waals surface area contributed by atoms with Crippen LogP contribution in [0, 0.1) is 0 Å². The molecular formula is C48H32N2. The van der Waals surface area contributed by atoms with Gasteiger partial charge in [0.2, 0.25) is 0 Å². The van der Waals surface area contributed by atoms with Crippen LogP contribution in [0.4, 0.5) is 0 Å². The first-order valence-corrected chi connectivity index (χ1v) is 17.2. The predicted molar refractivity (Wildman–Crippen MR) is 211 cm³/mol. The molecule has 0 spiro atoms. The first-order chi connectivity index (χ1) is 24.8. The third-order valence-corrected chi connectivity index (χ3v) is 10.1. The van der Waals surface area contributed by atoms with Gasteiger partial charge in [0.05, 0.1) is 22.1 Å². The van der Waals surface area contributed by atoms with E-state index in [-0.39, 0.29) is 0 Å². The monoisotopic (exact) mass is 636 g/mol. The van der Waals surface area contributed by atoms with Crippen molar-refractivity contribution in [3.63, 3.8) is 0 Å². The zero-order valence-corrected chi connectivity index (χ0v) is 27.4. The fraction of sp³-hybridized carbons (Fsp3) is 0. The Bertz CT molecular complexity index is 2780. The molecular weight excluding hydrogens is 605 g/mol. The molecule has 2 heteroatoms. The van der Waals surface area contributed by atoms with Gasteiger partial charge in [-0.1, -0.05) is 133 Å². The number of hydrogen-bond acceptors (Lipinski definition) is 0. The van der Waals surface area contributed by atoms with E-state index in [0.29, 0.717) is 0 Å². The highest BCUT2D eigenvalue weighted by molar-refractivity contribution is 6.17. The quantitative estimate of drug-likeness (QED) is 0.178. The van der Waals surface area contributed by atoms with Crippen molar-refractivity contribution in [2.45, 2.75) is 0 Å². The van der Waals surface area contributed by atoms with Crippen molar-refractivity contribution < 1.29 is 0 Å². The Morgan fingerprint density at radius 2 is 0.780 bits per heavy atom. The molecule has 0 aliphatic carbocycles. The molecule has 0 saturated carbocycles. The zero-order chi connectivity index (χ0) is 33.0. The molecule has 0 atom stereocenters. The van der Waals surface area contributed by atoms with Crippen LogP contribution < -0.4 is 0 Å². The van der Waals surface area contributed by atoms with Crippen molar-refractivity contribution in [1.82, 2.24) is 9.13 Å². The van der Waals surface area contributed by atoms with Crippen molar-refractivity contribution in [3.05, 3.63) is 194 Å². The minimum absolute atomic E-state index is 1.15. The van der Waals surface area contributed by atoms with Crippen molar-refractivity contribution >= 4 is 43.6 Å². The van der Waals surface area contributed by atoms with Crippen LogP contribution >= 0.6 is 0 Å². The maximum absolute atomic E-state index is 2.44. The molecule has 0 aliphatic rings. The summed E-state index contributed by atoms with van der Waals surface area (Å²) in [4.78, 5) is 0. The van der Waals surface area contributed by atoms with E-state index < -0.39 is 0 Å². The van der Waals surface area contributed by atoms with Gasteiger partial charge in [-0.15, -0.1) is 0 Å². The Balaban J connectivity index is 1.22. The molecule has 0 N–H and O–H groups in total. The molecule has 0 fully saturated rings. The lowest BCUT2D eigenvalue weighted by Gasteiger charge is -2.14. The van der Waals surface area contributed by atoms with E-state index in [1.165, 1.54) is 82.7 Å². The van der Waals surface area contributed by atoms with E-state index >= 15 is 0 Å². The van der Waals surface area contributed by atoms with Gasteiger partial charge in [0.25, 0.3) is 0 Å². The van der Waals surface area contributed by atoms with Gasteiger partial charge in [-0.25, -0.2) is 0 Å². The normalized spacial score (nSPS) is 11.6. The number of hydrogen-bond donors (Lipinski definition) is 0. The van der Waals surface area contributed by atoms with Crippen molar-refractivity contribution in [2.75, 3.05) is 0 Å². The van der Waals surface area contributed by atoms with Gasteiger partial charge >= 0.3 is 0 Å². The lowest BCUT2D eigenvalue weighted by atomic mass is 9.97. The average molecular weight is 637 g/mol. The number of fused-ring (bicyclic) bond motifs is 6. The third-order valence-electron chi connectivity index (χ3n) is 10.1. The SMILES string of the molecule is c1ccc(-c2cc(-c3ccccc3)cc(-n3c4ccccc4c4cc(-c5cccc6c5c5ccccc5n6-c5ccccc5)ccc43)c2)cc1. The maximum atomic E-state index is 2.44. The molecule has 234 valence electrons. The van der Waals surface area contributed by atoms with Gasteiger partial charge in [-0.3, -0.25) is 0 Å². The summed E-state index contributed by atoms with van der Waals surface area (Å²) in [5, 5.41) is 5.02. The summed E-state index contributed by atoms with van der Waals surface area (Å²) in [5.74, 6) is 0. The molecule has 10 rings (SSSR count). The summed E-state index contributed by atoms with van der Waals surface area (Å²) in [6, 6.07) is 70.4. The molecule has 2 aromatic heterocycles. The van der Waals surface area contributed by atoms with E-state index in [9.17, 15) is 0 Å². The molecule has 0 aliphatic heterocycles. The average Bonchev–Trinajstić information content (AvgIpc) is 3.71. The second kappa shape index (κ2) is 11.5. The fourth-order valence-corrected chi connectivity index (χ4v) is 7.87. The molecule has 8 aromatic carbocycles. The molecule has 0 saturated heterocycles. The minimum Gasteiger partial charge on any atom is -0.309 e. The molecule has 0 radical (unpaired) electrons. The lowest BCUT2D eigenvalue weighted by Crippen LogP contribution is -1.96. The maximum Gasteiger partial charge on any atom is 0.0547 e. The van der Waals surface area contributed by atoms with Crippen LogP contribution in [0.2, 0.25) is 0 Å². The fourth-order valence-electron chi connectivity index (χ4n) is 7.87. The Kier molecular flexibility index (Phi) is 6.53. The van der Waals surface area contributed by atoms with E-state index in [4.69, 9.17) is 0 Å². The van der Waals surface area contributed by atoms with Crippen molar-refractivity contribution in [2.24, 2.45) is 0 Å². The summed E-state index contributed by atoms with van der Waals surface area (Å²) in [5.41, 5.74) is 14.4. The number of para-hydroxylation sites is 3. The van der Waals surface area contributed by atoms with Crippen LogP contribution in [-0.4, -0.2) is 9.13 Å². The van der Waals surface area contributed by atoms with Gasteiger partial charge in [-0.2, -0.15) is 0 Å². The van der Waals surface area contributed by atoms with Gasteiger partial charge in [0.15, 0.2) is 0 Å². The number of aromatic nitrogens is 2. The summed E-state index contributed by atoms with van der Waals surface area (Å²) in [6.07, 6.45) is 0. The van der Waals surface area contributed by atoms with Crippen LogP contribution in [0.3, 0.4) is 0 Å². The van der Waals surface area contributed by atoms with Gasteiger partial charge < -0.3 is 9.13 Å². The van der Waals surface area contributed by atoms with Crippen LogP contribution in [-0.2, 0) is 0 Å². The molecule has 2 nitrogen and oxygen atoms in total. The molecule has 0 unspecified atom stereocenters. The summed E-state index contributed by atoms with van der Waals surface area (Å²) in [6.45, 7) is 0. The van der Waals surface area contributed by atoms with Gasteiger partial charge in [0, 0.05) is 32.9 Å². The van der Waals surface area contributed by atoms with Crippen LogP contribution in [0.1, 0.15) is 0 Å². The first-order valence-electron chi connectivity index (χ1n) is 17.2. The first kappa shape index (κ1) is 28.4. The Labute approximate surface area is 290 Å². The molecule has 0 bridgehead atoms. The predicted octanol–water partition coefficient (Wildman–Crippen LogP) is 12.9. The highest BCUT2D eigenvalue weighted by Crippen LogP contribution is 2.41. The topological polar surface area (TPSA) is 9.86 Å². The van der Waals surface area contributed by atoms with Crippen LogP contribution in [0.5, 0.6) is 0 Å². The number of benzene rings is 8. The zero-order valence-electron chi connectivity index (χ0n) is 27.4.